The molecule has 3 N–H and O–H groups in total. The van der Waals surface area contributed by atoms with Gasteiger partial charge in [-0.05, 0) is 26.0 Å². The van der Waals surface area contributed by atoms with Crippen LogP contribution in [-0.2, 0) is 4.79 Å². The van der Waals surface area contributed by atoms with Crippen LogP contribution in [0.15, 0.2) is 23.5 Å². The van der Waals surface area contributed by atoms with Crippen LogP contribution in [0.2, 0.25) is 0 Å². The highest BCUT2D eigenvalue weighted by Crippen LogP contribution is 2.20. The van der Waals surface area contributed by atoms with Gasteiger partial charge in [0.1, 0.15) is 6.04 Å². The quantitative estimate of drug-likeness (QED) is 0.633. The van der Waals surface area contributed by atoms with E-state index in [-0.39, 0.29) is 0 Å². The Morgan fingerprint density at radius 2 is 2.29 bits per heavy atom. The highest BCUT2D eigenvalue weighted by Gasteiger charge is 2.17. The fraction of sp³-hybridized carbons (Fsp3) is 0.500. The van der Waals surface area contributed by atoms with Crippen molar-refractivity contribution in [3.8, 4) is 0 Å². The zero-order valence-electron chi connectivity index (χ0n) is 8.16. The van der Waals surface area contributed by atoms with Crippen molar-refractivity contribution >= 4 is 5.97 Å². The monoisotopic (exact) mass is 197 g/mol. The van der Waals surface area contributed by atoms with E-state index >= 15 is 0 Å². The standard InChI is InChI=1S/C10H15NO3/c1-11-9(10(13)14)6-7-2-4-8(12)5-3-7/h2,4,9,11-12H,3,5-6H2,1H3,(H,13,14)/t9-/m0/s1. The maximum Gasteiger partial charge on any atom is 0.321 e. The molecule has 0 amide bonds. The van der Waals surface area contributed by atoms with E-state index in [1.807, 2.05) is 0 Å². The molecule has 14 heavy (non-hydrogen) atoms. The molecule has 0 saturated carbocycles. The molecule has 0 saturated heterocycles. The van der Waals surface area contributed by atoms with Crippen molar-refractivity contribution in [2.45, 2.75) is 25.3 Å². The average Bonchev–Trinajstić information content (AvgIpc) is 2.16. The van der Waals surface area contributed by atoms with E-state index in [1.165, 1.54) is 0 Å². The van der Waals surface area contributed by atoms with Gasteiger partial charge < -0.3 is 15.5 Å². The third-order valence-corrected chi connectivity index (χ3v) is 2.33. The summed E-state index contributed by atoms with van der Waals surface area (Å²) in [6.07, 6.45) is 5.28. The molecular formula is C10H15NO3. The zero-order chi connectivity index (χ0) is 10.6. The molecule has 78 valence electrons. The SMILES string of the molecule is CN[C@@H](CC1=CC=C(O)CC1)C(=O)O. The lowest BCUT2D eigenvalue weighted by atomic mass is 9.97. The number of hydrogen-bond acceptors (Lipinski definition) is 3. The highest BCUT2D eigenvalue weighted by molar-refractivity contribution is 5.73. The largest absolute Gasteiger partial charge is 0.512 e. The van der Waals surface area contributed by atoms with E-state index in [2.05, 4.69) is 5.32 Å². The number of allylic oxidation sites excluding steroid dienone is 3. The molecule has 0 aromatic carbocycles. The fourth-order valence-corrected chi connectivity index (χ4v) is 1.41. The van der Waals surface area contributed by atoms with Crippen LogP contribution in [0.4, 0.5) is 0 Å². The Kier molecular flexibility index (Phi) is 3.71. The molecule has 0 radical (unpaired) electrons. The second-order valence-corrected chi connectivity index (χ2v) is 3.37. The van der Waals surface area contributed by atoms with E-state index in [9.17, 15) is 4.79 Å². The van der Waals surface area contributed by atoms with E-state index in [4.69, 9.17) is 10.2 Å². The molecule has 0 aliphatic heterocycles. The number of carbonyl (C=O) groups is 1. The minimum atomic E-state index is -0.841. The van der Waals surface area contributed by atoms with Gasteiger partial charge in [-0.2, -0.15) is 0 Å². The van der Waals surface area contributed by atoms with Crippen LogP contribution >= 0.6 is 0 Å². The summed E-state index contributed by atoms with van der Waals surface area (Å²) in [6, 6.07) is -0.533. The lowest BCUT2D eigenvalue weighted by molar-refractivity contribution is -0.139. The highest BCUT2D eigenvalue weighted by atomic mass is 16.4. The van der Waals surface area contributed by atoms with Crippen molar-refractivity contribution in [3.63, 3.8) is 0 Å². The molecular weight excluding hydrogens is 182 g/mol. The number of aliphatic hydroxyl groups excluding tert-OH is 1. The summed E-state index contributed by atoms with van der Waals surface area (Å²) in [5.74, 6) is -0.475. The minimum Gasteiger partial charge on any atom is -0.512 e. The number of carboxylic acids is 1. The molecule has 0 spiro atoms. The van der Waals surface area contributed by atoms with Gasteiger partial charge in [0.15, 0.2) is 0 Å². The van der Waals surface area contributed by atoms with Crippen LogP contribution in [0, 0.1) is 0 Å². The first-order chi connectivity index (χ1) is 6.63. The maximum atomic E-state index is 10.7. The molecule has 0 bridgehead atoms. The predicted octanol–water partition coefficient (Wildman–Crippen LogP) is 1.21. The molecule has 4 nitrogen and oxygen atoms in total. The zero-order valence-corrected chi connectivity index (χ0v) is 8.16. The Morgan fingerprint density at radius 3 is 2.71 bits per heavy atom. The topological polar surface area (TPSA) is 69.6 Å². The smallest absolute Gasteiger partial charge is 0.321 e. The van der Waals surface area contributed by atoms with E-state index < -0.39 is 12.0 Å². The van der Waals surface area contributed by atoms with Crippen molar-refractivity contribution in [1.29, 1.82) is 0 Å². The lowest BCUT2D eigenvalue weighted by Crippen LogP contribution is -2.34. The number of aliphatic carboxylic acids is 1. The first-order valence-corrected chi connectivity index (χ1v) is 4.61. The molecule has 0 aromatic rings. The van der Waals surface area contributed by atoms with Gasteiger partial charge in [-0.1, -0.05) is 11.6 Å². The summed E-state index contributed by atoms with van der Waals surface area (Å²) in [6.45, 7) is 0. The fourth-order valence-electron chi connectivity index (χ4n) is 1.41. The van der Waals surface area contributed by atoms with Crippen molar-refractivity contribution in [1.82, 2.24) is 5.32 Å². The van der Waals surface area contributed by atoms with E-state index in [0.717, 1.165) is 12.0 Å². The number of likely N-dealkylation sites (N-methyl/N-ethyl adjacent to an activating group) is 1. The van der Waals surface area contributed by atoms with Gasteiger partial charge >= 0.3 is 5.97 Å². The molecule has 0 fully saturated rings. The van der Waals surface area contributed by atoms with Crippen LogP contribution < -0.4 is 5.32 Å². The van der Waals surface area contributed by atoms with Crippen LogP contribution in [0.25, 0.3) is 0 Å². The summed E-state index contributed by atoms with van der Waals surface area (Å²) in [7, 11) is 1.63. The first kappa shape index (κ1) is 10.8. The minimum absolute atomic E-state index is 0.366. The first-order valence-electron chi connectivity index (χ1n) is 4.61. The summed E-state index contributed by atoms with van der Waals surface area (Å²) in [5, 5.41) is 20.6. The second kappa shape index (κ2) is 4.81. The van der Waals surface area contributed by atoms with Gasteiger partial charge in [0.05, 0.1) is 5.76 Å². The van der Waals surface area contributed by atoms with Crippen molar-refractivity contribution < 1.29 is 15.0 Å². The number of aliphatic hydroxyl groups is 1. The Bertz CT molecular complexity index is 281. The van der Waals surface area contributed by atoms with Crippen LogP contribution in [0.1, 0.15) is 19.3 Å². The van der Waals surface area contributed by atoms with Crippen LogP contribution in [0.5, 0.6) is 0 Å². The number of nitrogens with one attached hydrogen (secondary N) is 1. The predicted molar refractivity (Wildman–Crippen MR) is 53.1 cm³/mol. The number of hydrogen-bond donors (Lipinski definition) is 3. The van der Waals surface area contributed by atoms with Crippen molar-refractivity contribution in [2.75, 3.05) is 7.05 Å². The molecule has 1 rings (SSSR count). The van der Waals surface area contributed by atoms with Crippen LogP contribution in [0.3, 0.4) is 0 Å². The molecule has 4 heteroatoms. The van der Waals surface area contributed by atoms with Gasteiger partial charge in [-0.3, -0.25) is 4.79 Å². The van der Waals surface area contributed by atoms with Gasteiger partial charge in [-0.15, -0.1) is 0 Å². The summed E-state index contributed by atoms with van der Waals surface area (Å²) in [4.78, 5) is 10.7. The van der Waals surface area contributed by atoms with Crippen molar-refractivity contribution in [3.05, 3.63) is 23.5 Å². The Morgan fingerprint density at radius 1 is 1.57 bits per heavy atom. The van der Waals surface area contributed by atoms with Gasteiger partial charge in [0, 0.05) is 6.42 Å². The molecule has 1 aliphatic rings. The average molecular weight is 197 g/mol. The maximum absolute atomic E-state index is 10.7. The Labute approximate surface area is 82.9 Å². The van der Waals surface area contributed by atoms with Gasteiger partial charge in [0.2, 0.25) is 0 Å². The summed E-state index contributed by atoms with van der Waals surface area (Å²) >= 11 is 0. The van der Waals surface area contributed by atoms with E-state index in [1.54, 1.807) is 19.2 Å². The van der Waals surface area contributed by atoms with Crippen molar-refractivity contribution in [2.24, 2.45) is 0 Å². The number of rotatable bonds is 4. The summed E-state index contributed by atoms with van der Waals surface area (Å²) in [5.41, 5.74) is 1.06. The molecule has 1 aliphatic carbocycles. The molecule has 0 unspecified atom stereocenters. The number of carboxylic acid groups (broad SMARTS) is 1. The van der Waals surface area contributed by atoms with Gasteiger partial charge in [0.25, 0.3) is 0 Å². The lowest BCUT2D eigenvalue weighted by Gasteiger charge is -2.15. The van der Waals surface area contributed by atoms with Crippen LogP contribution in [-0.4, -0.2) is 29.3 Å². The molecule has 1 atom stereocenters. The second-order valence-electron chi connectivity index (χ2n) is 3.37. The third kappa shape index (κ3) is 2.88. The normalized spacial score (nSPS) is 18.4. The Balaban J connectivity index is 2.55. The van der Waals surface area contributed by atoms with Gasteiger partial charge in [-0.25, -0.2) is 0 Å². The molecule has 0 aromatic heterocycles. The summed E-state index contributed by atoms with van der Waals surface area (Å²) < 4.78 is 0. The Hall–Kier alpha value is -1.29. The van der Waals surface area contributed by atoms with E-state index in [0.29, 0.717) is 18.6 Å². The third-order valence-electron chi connectivity index (χ3n) is 2.33. The molecule has 0 heterocycles.